The number of β-amino-alcohol motifs (C(OH)–C–C–N with tert-alkyl or cyclic N) is 1. The summed E-state index contributed by atoms with van der Waals surface area (Å²) >= 11 is 6.28. The Kier molecular flexibility index (Phi) is 8.45. The summed E-state index contributed by atoms with van der Waals surface area (Å²) in [5, 5.41) is 24.0. The quantitative estimate of drug-likeness (QED) is 0.196. The molecule has 1 amide bonds. The van der Waals surface area contributed by atoms with Crippen molar-refractivity contribution in [3.05, 3.63) is 114 Å². The maximum absolute atomic E-state index is 15.6. The highest BCUT2D eigenvalue weighted by atomic mass is 35.5. The van der Waals surface area contributed by atoms with Gasteiger partial charge in [-0.15, -0.1) is 0 Å². The van der Waals surface area contributed by atoms with E-state index in [1.165, 1.54) is 13.0 Å². The molecule has 1 fully saturated rings. The molecule has 6 rings (SSSR count). The molecule has 11 heteroatoms. The number of amides is 1. The number of allylic oxidation sites excluding steroid dienone is 4. The molecular formula is C33H33ClFN7O2. The third-order valence-corrected chi connectivity index (χ3v) is 8.58. The lowest BCUT2D eigenvalue weighted by molar-refractivity contribution is -0.114. The summed E-state index contributed by atoms with van der Waals surface area (Å²) in [5.41, 5.74) is 3.54. The lowest BCUT2D eigenvalue weighted by Crippen LogP contribution is -2.45. The number of imidazole rings is 2. The molecule has 2 aliphatic rings. The van der Waals surface area contributed by atoms with Gasteiger partial charge in [-0.2, -0.15) is 0 Å². The first-order valence-electron chi connectivity index (χ1n) is 14.5. The topological polar surface area (TPSA) is 123 Å². The lowest BCUT2D eigenvalue weighted by atomic mass is 9.77. The van der Waals surface area contributed by atoms with Crippen molar-refractivity contribution in [2.24, 2.45) is 5.92 Å². The van der Waals surface area contributed by atoms with Crippen molar-refractivity contribution in [1.82, 2.24) is 19.5 Å². The van der Waals surface area contributed by atoms with Crippen LogP contribution in [0.3, 0.4) is 0 Å². The van der Waals surface area contributed by atoms with E-state index in [4.69, 9.17) is 11.6 Å². The molecule has 44 heavy (non-hydrogen) atoms. The van der Waals surface area contributed by atoms with Gasteiger partial charge in [0.1, 0.15) is 11.7 Å². The fourth-order valence-corrected chi connectivity index (χ4v) is 6.46. The molecule has 0 bridgehead atoms. The van der Waals surface area contributed by atoms with Gasteiger partial charge in [0.25, 0.3) is 0 Å². The molecule has 0 radical (unpaired) electrons. The SMILES string of the molecule is CC(=O)Nc1ccc(Cl)cc1N1CCC(n2ccnc2C2=C(F)C=CC(C(Cc3ccccc3)c3cnc[nH]3)C2=N)C(O)C1. The number of rotatable bonds is 8. The molecule has 1 aliphatic carbocycles. The number of benzene rings is 2. The number of halogens is 2. The summed E-state index contributed by atoms with van der Waals surface area (Å²) < 4.78 is 17.4. The maximum Gasteiger partial charge on any atom is 0.221 e. The number of aliphatic hydroxyl groups excluding tert-OH is 1. The molecule has 9 nitrogen and oxygen atoms in total. The van der Waals surface area contributed by atoms with Crippen molar-refractivity contribution in [3.8, 4) is 0 Å². The molecule has 0 saturated carbocycles. The van der Waals surface area contributed by atoms with E-state index in [-0.39, 0.29) is 29.7 Å². The normalized spacial score (nSPS) is 21.0. The molecule has 4 aromatic rings. The van der Waals surface area contributed by atoms with Crippen molar-refractivity contribution in [2.75, 3.05) is 23.3 Å². The largest absolute Gasteiger partial charge is 0.389 e. The summed E-state index contributed by atoms with van der Waals surface area (Å²) in [6.45, 7) is 2.25. The first-order chi connectivity index (χ1) is 21.3. The first-order valence-corrected chi connectivity index (χ1v) is 14.9. The zero-order chi connectivity index (χ0) is 30.8. The van der Waals surface area contributed by atoms with Gasteiger partial charge < -0.3 is 30.3 Å². The molecule has 2 aromatic carbocycles. The second-order valence-electron chi connectivity index (χ2n) is 11.2. The highest BCUT2D eigenvalue weighted by Gasteiger charge is 2.37. The van der Waals surface area contributed by atoms with Crippen molar-refractivity contribution >= 4 is 40.2 Å². The minimum Gasteiger partial charge on any atom is -0.389 e. The van der Waals surface area contributed by atoms with Crippen molar-refractivity contribution in [2.45, 2.75) is 37.8 Å². The highest BCUT2D eigenvalue weighted by Crippen LogP contribution is 2.40. The Labute approximate surface area is 259 Å². The Morgan fingerprint density at radius 2 is 2.09 bits per heavy atom. The maximum atomic E-state index is 15.6. The number of hydrogen-bond donors (Lipinski definition) is 4. The number of H-pyrrole nitrogens is 1. The van der Waals surface area contributed by atoms with E-state index < -0.39 is 23.9 Å². The van der Waals surface area contributed by atoms with Crippen LogP contribution < -0.4 is 10.2 Å². The Balaban J connectivity index is 1.26. The van der Waals surface area contributed by atoms with Crippen molar-refractivity contribution in [3.63, 3.8) is 0 Å². The number of anilines is 2. The van der Waals surface area contributed by atoms with Crippen LogP contribution in [-0.4, -0.2) is 55.4 Å². The van der Waals surface area contributed by atoms with Gasteiger partial charge in [-0.25, -0.2) is 14.4 Å². The van der Waals surface area contributed by atoms with Crippen LogP contribution in [0.25, 0.3) is 5.57 Å². The second-order valence-corrected chi connectivity index (χ2v) is 11.6. The van der Waals surface area contributed by atoms with Crippen LogP contribution in [0.1, 0.15) is 42.4 Å². The third-order valence-electron chi connectivity index (χ3n) is 8.35. The number of hydrogen-bond acceptors (Lipinski definition) is 6. The molecule has 4 N–H and O–H groups in total. The first kappa shape index (κ1) is 29.5. The molecule has 1 saturated heterocycles. The average molecular weight is 614 g/mol. The molecule has 3 heterocycles. The van der Waals surface area contributed by atoms with Crippen molar-refractivity contribution in [1.29, 1.82) is 5.41 Å². The van der Waals surface area contributed by atoms with Crippen LogP contribution in [0.2, 0.25) is 5.02 Å². The molecule has 4 atom stereocenters. The van der Waals surface area contributed by atoms with Gasteiger partial charge in [0.2, 0.25) is 5.91 Å². The minimum absolute atomic E-state index is 0.123. The zero-order valence-corrected chi connectivity index (χ0v) is 24.9. The van der Waals surface area contributed by atoms with Gasteiger partial charge in [0, 0.05) is 61.2 Å². The number of carbonyl (C=O) groups is 1. The van der Waals surface area contributed by atoms with Gasteiger partial charge in [-0.05, 0) is 42.7 Å². The molecule has 0 spiro atoms. The number of carbonyl (C=O) groups excluding carboxylic acids is 1. The van der Waals surface area contributed by atoms with Crippen LogP contribution in [0.4, 0.5) is 15.8 Å². The van der Waals surface area contributed by atoms with Gasteiger partial charge >= 0.3 is 0 Å². The minimum atomic E-state index is -0.843. The molecule has 2 aromatic heterocycles. The Bertz CT molecular complexity index is 1720. The van der Waals surface area contributed by atoms with Gasteiger partial charge in [-0.3, -0.25) is 4.79 Å². The van der Waals surface area contributed by atoms with Gasteiger partial charge in [0.05, 0.1) is 41.1 Å². The van der Waals surface area contributed by atoms with E-state index in [1.807, 2.05) is 35.2 Å². The average Bonchev–Trinajstić information content (AvgIpc) is 3.71. The van der Waals surface area contributed by atoms with E-state index in [9.17, 15) is 15.3 Å². The van der Waals surface area contributed by atoms with E-state index >= 15 is 4.39 Å². The number of aromatic amines is 1. The second kappa shape index (κ2) is 12.6. The van der Waals surface area contributed by atoms with E-state index in [1.54, 1.807) is 53.8 Å². The zero-order valence-electron chi connectivity index (χ0n) is 24.1. The summed E-state index contributed by atoms with van der Waals surface area (Å²) in [4.78, 5) is 25.7. The van der Waals surface area contributed by atoms with E-state index in [2.05, 4.69) is 20.3 Å². The van der Waals surface area contributed by atoms with Crippen LogP contribution in [0.5, 0.6) is 0 Å². The number of nitrogens with one attached hydrogen (secondary N) is 3. The third kappa shape index (κ3) is 5.95. The predicted octanol–water partition coefficient (Wildman–Crippen LogP) is 5.94. The van der Waals surface area contributed by atoms with Crippen LogP contribution in [-0.2, 0) is 11.2 Å². The van der Waals surface area contributed by atoms with E-state index in [0.717, 1.165) is 16.9 Å². The molecule has 1 aliphatic heterocycles. The summed E-state index contributed by atoms with van der Waals surface area (Å²) in [6, 6.07) is 14.8. The van der Waals surface area contributed by atoms with Crippen molar-refractivity contribution < 1.29 is 14.3 Å². The number of piperidine rings is 1. The molecular weight excluding hydrogens is 581 g/mol. The predicted molar refractivity (Wildman–Crippen MR) is 170 cm³/mol. The fourth-order valence-electron chi connectivity index (χ4n) is 6.29. The summed E-state index contributed by atoms with van der Waals surface area (Å²) in [5.74, 6) is -1.04. The Morgan fingerprint density at radius 3 is 2.82 bits per heavy atom. The number of nitrogens with zero attached hydrogens (tertiary/aromatic N) is 4. The molecule has 226 valence electrons. The monoisotopic (exact) mass is 613 g/mol. The number of aliphatic hydroxyl groups is 1. The van der Waals surface area contributed by atoms with Gasteiger partial charge in [-0.1, -0.05) is 48.0 Å². The Morgan fingerprint density at radius 1 is 1.27 bits per heavy atom. The fraction of sp³-hybridized carbons (Fsp3) is 0.273. The smallest absolute Gasteiger partial charge is 0.221 e. The van der Waals surface area contributed by atoms with Crippen LogP contribution in [0, 0.1) is 11.3 Å². The lowest BCUT2D eigenvalue weighted by Gasteiger charge is -2.39. The van der Waals surface area contributed by atoms with Crippen LogP contribution >= 0.6 is 11.6 Å². The number of aromatic nitrogens is 4. The van der Waals surface area contributed by atoms with Crippen LogP contribution in [0.15, 0.2) is 91.4 Å². The Hall–Kier alpha value is -4.54. The summed E-state index contributed by atoms with van der Waals surface area (Å²) in [7, 11) is 0. The van der Waals surface area contributed by atoms with E-state index in [0.29, 0.717) is 35.9 Å². The highest BCUT2D eigenvalue weighted by molar-refractivity contribution is 6.31. The van der Waals surface area contributed by atoms with Gasteiger partial charge in [0.15, 0.2) is 0 Å². The molecule has 4 unspecified atom stereocenters. The standard InChI is InChI=1S/C33H33ClFN7O2/c1-20(43)40-26-10-7-22(34)16-29(26)41-13-11-28(30(44)18-41)42-14-12-38-33(42)31-25(35)9-8-23(32(31)36)24(27-17-37-19-39-27)15-21-5-3-2-4-6-21/h2-10,12,14,16-17,19,23-24,28,30,36,44H,11,13,15,18H2,1H3,(H,37,39)(H,40,43). The summed E-state index contributed by atoms with van der Waals surface area (Å²) in [6.07, 6.45) is 10.2.